The van der Waals surface area contributed by atoms with E-state index in [1.54, 1.807) is 0 Å². The standard InChI is InChI=1S/C12H22N4/c1-12(2)4-5-16(9-12)11(6-13)10-7-14-15(3)8-10/h7-8,11H,4-6,9,13H2,1-3H3. The van der Waals surface area contributed by atoms with Gasteiger partial charge in [-0.05, 0) is 18.4 Å². The van der Waals surface area contributed by atoms with Gasteiger partial charge >= 0.3 is 0 Å². The maximum Gasteiger partial charge on any atom is 0.0538 e. The summed E-state index contributed by atoms with van der Waals surface area (Å²) in [6, 6.07) is 0.329. The predicted octanol–water partition coefficient (Wildman–Crippen LogP) is 1.15. The second-order valence-electron chi connectivity index (χ2n) is 5.58. The first kappa shape index (κ1) is 11.6. The van der Waals surface area contributed by atoms with E-state index in [1.807, 2.05) is 17.9 Å². The maximum absolute atomic E-state index is 5.90. The topological polar surface area (TPSA) is 47.1 Å². The van der Waals surface area contributed by atoms with E-state index in [4.69, 9.17) is 5.73 Å². The minimum absolute atomic E-state index is 0.329. The highest BCUT2D eigenvalue weighted by Crippen LogP contribution is 2.34. The van der Waals surface area contributed by atoms with E-state index in [1.165, 1.54) is 12.0 Å². The van der Waals surface area contributed by atoms with Gasteiger partial charge in [0.15, 0.2) is 0 Å². The molecule has 1 unspecified atom stereocenters. The second-order valence-corrected chi connectivity index (χ2v) is 5.58. The monoisotopic (exact) mass is 222 g/mol. The van der Waals surface area contributed by atoms with Gasteiger partial charge in [-0.1, -0.05) is 13.8 Å². The van der Waals surface area contributed by atoms with Crippen LogP contribution in [0.4, 0.5) is 0 Å². The van der Waals surface area contributed by atoms with Crippen LogP contribution in [0.25, 0.3) is 0 Å². The van der Waals surface area contributed by atoms with Crippen LogP contribution in [-0.4, -0.2) is 34.3 Å². The molecule has 4 nitrogen and oxygen atoms in total. The molecule has 1 aromatic rings. The molecule has 1 aliphatic heterocycles. The molecule has 2 N–H and O–H groups in total. The Labute approximate surface area is 97.4 Å². The number of nitrogens with two attached hydrogens (primary N) is 1. The lowest BCUT2D eigenvalue weighted by Crippen LogP contribution is -2.33. The lowest BCUT2D eigenvalue weighted by molar-refractivity contribution is 0.223. The summed E-state index contributed by atoms with van der Waals surface area (Å²) in [5, 5.41) is 4.23. The quantitative estimate of drug-likeness (QED) is 0.834. The zero-order valence-electron chi connectivity index (χ0n) is 10.5. The lowest BCUT2D eigenvalue weighted by atomic mass is 9.93. The fourth-order valence-corrected chi connectivity index (χ4v) is 2.53. The number of rotatable bonds is 3. The molecule has 0 aromatic carbocycles. The molecule has 0 radical (unpaired) electrons. The summed E-state index contributed by atoms with van der Waals surface area (Å²) in [7, 11) is 1.95. The molecule has 0 aliphatic carbocycles. The lowest BCUT2D eigenvalue weighted by Gasteiger charge is -2.27. The van der Waals surface area contributed by atoms with Crippen LogP contribution in [0.1, 0.15) is 31.9 Å². The molecular formula is C12H22N4. The smallest absolute Gasteiger partial charge is 0.0538 e. The first-order valence-electron chi connectivity index (χ1n) is 5.94. The second kappa shape index (κ2) is 4.18. The third-order valence-corrected chi connectivity index (χ3v) is 3.48. The van der Waals surface area contributed by atoms with Crippen LogP contribution in [0.5, 0.6) is 0 Å². The summed E-state index contributed by atoms with van der Waals surface area (Å²) >= 11 is 0. The third kappa shape index (κ3) is 2.28. The van der Waals surface area contributed by atoms with Crippen molar-refractivity contribution < 1.29 is 0 Å². The number of likely N-dealkylation sites (tertiary alicyclic amines) is 1. The van der Waals surface area contributed by atoms with Crippen molar-refractivity contribution in [2.24, 2.45) is 18.2 Å². The van der Waals surface area contributed by atoms with Crippen LogP contribution < -0.4 is 5.73 Å². The number of aromatic nitrogens is 2. The zero-order valence-corrected chi connectivity index (χ0v) is 10.5. The molecular weight excluding hydrogens is 200 g/mol. The molecule has 1 aliphatic rings. The van der Waals surface area contributed by atoms with E-state index in [-0.39, 0.29) is 0 Å². The molecule has 0 amide bonds. The predicted molar refractivity (Wildman–Crippen MR) is 65.0 cm³/mol. The van der Waals surface area contributed by atoms with E-state index in [2.05, 4.69) is 30.0 Å². The van der Waals surface area contributed by atoms with Gasteiger partial charge in [0, 0.05) is 31.9 Å². The first-order chi connectivity index (χ1) is 7.52. The zero-order chi connectivity index (χ0) is 11.8. The van der Waals surface area contributed by atoms with Gasteiger partial charge in [0.2, 0.25) is 0 Å². The largest absolute Gasteiger partial charge is 0.329 e. The van der Waals surface area contributed by atoms with Gasteiger partial charge in [0.25, 0.3) is 0 Å². The van der Waals surface area contributed by atoms with Crippen LogP contribution >= 0.6 is 0 Å². The van der Waals surface area contributed by atoms with Crippen molar-refractivity contribution in [1.82, 2.24) is 14.7 Å². The fraction of sp³-hybridized carbons (Fsp3) is 0.750. The summed E-state index contributed by atoms with van der Waals surface area (Å²) in [6.07, 6.45) is 5.26. The molecule has 1 aromatic heterocycles. The molecule has 0 bridgehead atoms. The highest BCUT2D eigenvalue weighted by molar-refractivity contribution is 5.12. The summed E-state index contributed by atoms with van der Waals surface area (Å²) in [6.45, 7) is 7.59. The molecule has 0 spiro atoms. The molecule has 1 saturated heterocycles. The van der Waals surface area contributed by atoms with Crippen LogP contribution in [0, 0.1) is 5.41 Å². The van der Waals surface area contributed by atoms with Gasteiger partial charge in [0.1, 0.15) is 0 Å². The molecule has 90 valence electrons. The Hall–Kier alpha value is -0.870. The molecule has 0 saturated carbocycles. The Bertz CT molecular complexity index is 356. The van der Waals surface area contributed by atoms with Crippen molar-refractivity contribution in [3.63, 3.8) is 0 Å². The summed E-state index contributed by atoms with van der Waals surface area (Å²) in [5.74, 6) is 0. The van der Waals surface area contributed by atoms with Crippen LogP contribution in [-0.2, 0) is 7.05 Å². The van der Waals surface area contributed by atoms with E-state index in [0.29, 0.717) is 18.0 Å². The fourth-order valence-electron chi connectivity index (χ4n) is 2.53. The third-order valence-electron chi connectivity index (χ3n) is 3.48. The minimum Gasteiger partial charge on any atom is -0.329 e. The van der Waals surface area contributed by atoms with Crippen LogP contribution in [0.3, 0.4) is 0 Å². The highest BCUT2D eigenvalue weighted by Gasteiger charge is 2.33. The Morgan fingerprint density at radius 2 is 2.31 bits per heavy atom. The average molecular weight is 222 g/mol. The Morgan fingerprint density at radius 3 is 2.75 bits per heavy atom. The molecule has 4 heteroatoms. The van der Waals surface area contributed by atoms with E-state index >= 15 is 0 Å². The van der Waals surface area contributed by atoms with Gasteiger partial charge in [-0.15, -0.1) is 0 Å². The van der Waals surface area contributed by atoms with Crippen molar-refractivity contribution in [2.75, 3.05) is 19.6 Å². The summed E-state index contributed by atoms with van der Waals surface area (Å²) in [5.41, 5.74) is 7.57. The number of nitrogens with zero attached hydrogens (tertiary/aromatic N) is 3. The number of hydrogen-bond donors (Lipinski definition) is 1. The Balaban J connectivity index is 2.12. The van der Waals surface area contributed by atoms with Crippen molar-refractivity contribution in [3.8, 4) is 0 Å². The van der Waals surface area contributed by atoms with Crippen LogP contribution in [0.2, 0.25) is 0 Å². The first-order valence-corrected chi connectivity index (χ1v) is 5.94. The van der Waals surface area contributed by atoms with Crippen molar-refractivity contribution >= 4 is 0 Å². The van der Waals surface area contributed by atoms with Gasteiger partial charge in [-0.2, -0.15) is 5.10 Å². The summed E-state index contributed by atoms with van der Waals surface area (Å²) in [4.78, 5) is 2.48. The van der Waals surface area contributed by atoms with E-state index in [9.17, 15) is 0 Å². The van der Waals surface area contributed by atoms with Crippen LogP contribution in [0.15, 0.2) is 12.4 Å². The van der Waals surface area contributed by atoms with Gasteiger partial charge < -0.3 is 5.73 Å². The van der Waals surface area contributed by atoms with Crippen molar-refractivity contribution in [1.29, 1.82) is 0 Å². The highest BCUT2D eigenvalue weighted by atomic mass is 15.3. The average Bonchev–Trinajstić information content (AvgIpc) is 2.75. The van der Waals surface area contributed by atoms with Gasteiger partial charge in [0.05, 0.1) is 12.2 Å². The van der Waals surface area contributed by atoms with E-state index in [0.717, 1.165) is 13.1 Å². The van der Waals surface area contributed by atoms with Gasteiger partial charge in [-0.25, -0.2) is 0 Å². The Morgan fingerprint density at radius 1 is 1.56 bits per heavy atom. The number of aryl methyl sites for hydroxylation is 1. The normalized spacial score (nSPS) is 22.5. The molecule has 1 fully saturated rings. The number of hydrogen-bond acceptors (Lipinski definition) is 3. The molecule has 1 atom stereocenters. The van der Waals surface area contributed by atoms with Crippen molar-refractivity contribution in [3.05, 3.63) is 18.0 Å². The molecule has 2 rings (SSSR count). The Kier molecular flexibility index (Phi) is 3.04. The SMILES string of the molecule is Cn1cc(C(CN)N2CCC(C)(C)C2)cn1. The van der Waals surface area contributed by atoms with E-state index < -0.39 is 0 Å². The van der Waals surface area contributed by atoms with Crippen molar-refractivity contribution in [2.45, 2.75) is 26.3 Å². The molecule has 16 heavy (non-hydrogen) atoms. The maximum atomic E-state index is 5.90. The summed E-state index contributed by atoms with van der Waals surface area (Å²) < 4.78 is 1.85. The molecule has 2 heterocycles. The van der Waals surface area contributed by atoms with Gasteiger partial charge in [-0.3, -0.25) is 9.58 Å². The minimum atomic E-state index is 0.329.